The number of hydrogen-bond donors (Lipinski definition) is 0. The first-order chi connectivity index (χ1) is 8.18. The van der Waals surface area contributed by atoms with Crippen molar-refractivity contribution < 1.29 is 13.5 Å². The van der Waals surface area contributed by atoms with Crippen LogP contribution in [0.15, 0.2) is 42.5 Å². The normalized spacial score (nSPS) is 10.2. The standard InChI is InChI=1S/C13H9BF2O/c14-12-10(15)6-7-11(13(12)16)17-8-9-4-2-1-3-5-9/h1-7H,8H2. The van der Waals surface area contributed by atoms with E-state index in [0.29, 0.717) is 0 Å². The zero-order chi connectivity index (χ0) is 12.3. The molecule has 0 heterocycles. The molecule has 0 aliphatic heterocycles. The van der Waals surface area contributed by atoms with Crippen LogP contribution in [0.25, 0.3) is 0 Å². The monoisotopic (exact) mass is 230 g/mol. The summed E-state index contributed by atoms with van der Waals surface area (Å²) in [4.78, 5) is 0. The molecule has 0 unspecified atom stereocenters. The van der Waals surface area contributed by atoms with Gasteiger partial charge in [-0.15, -0.1) is 0 Å². The summed E-state index contributed by atoms with van der Waals surface area (Å²) in [6, 6.07) is 11.6. The summed E-state index contributed by atoms with van der Waals surface area (Å²) in [6.07, 6.45) is 0. The molecular formula is C13H9BF2O. The summed E-state index contributed by atoms with van der Waals surface area (Å²) in [5.41, 5.74) is 0.380. The second kappa shape index (κ2) is 5.00. The van der Waals surface area contributed by atoms with Crippen LogP contribution in [0.5, 0.6) is 5.75 Å². The maximum Gasteiger partial charge on any atom is 0.160 e. The van der Waals surface area contributed by atoms with Gasteiger partial charge in [0, 0.05) is 0 Å². The fourth-order valence-corrected chi connectivity index (χ4v) is 1.40. The Balaban J connectivity index is 2.13. The Kier molecular flexibility index (Phi) is 3.42. The lowest BCUT2D eigenvalue weighted by atomic mass is 9.94. The fraction of sp³-hybridized carbons (Fsp3) is 0.0769. The Labute approximate surface area is 99.4 Å². The smallest absolute Gasteiger partial charge is 0.160 e. The third kappa shape index (κ3) is 2.64. The quantitative estimate of drug-likeness (QED) is 0.735. The third-order valence-corrected chi connectivity index (χ3v) is 2.33. The second-order valence-corrected chi connectivity index (χ2v) is 3.55. The minimum atomic E-state index is -0.860. The Morgan fingerprint density at radius 1 is 1.00 bits per heavy atom. The highest BCUT2D eigenvalue weighted by Gasteiger charge is 2.10. The van der Waals surface area contributed by atoms with Crippen molar-refractivity contribution in [1.29, 1.82) is 0 Å². The summed E-state index contributed by atoms with van der Waals surface area (Å²) in [6.45, 7) is 0.211. The van der Waals surface area contributed by atoms with Crippen molar-refractivity contribution in [2.75, 3.05) is 0 Å². The molecule has 0 N–H and O–H groups in total. The SMILES string of the molecule is [B]c1c(F)ccc(OCc2ccccc2)c1F. The van der Waals surface area contributed by atoms with Gasteiger partial charge in [0.15, 0.2) is 11.6 Å². The van der Waals surface area contributed by atoms with Crippen LogP contribution in [0.2, 0.25) is 0 Å². The summed E-state index contributed by atoms with van der Waals surface area (Å²) >= 11 is 0. The van der Waals surface area contributed by atoms with Crippen LogP contribution in [-0.2, 0) is 6.61 Å². The summed E-state index contributed by atoms with van der Waals surface area (Å²) in [7, 11) is 5.22. The molecule has 0 atom stereocenters. The van der Waals surface area contributed by atoms with Crippen LogP contribution in [-0.4, -0.2) is 7.85 Å². The van der Waals surface area contributed by atoms with Gasteiger partial charge in [0.25, 0.3) is 0 Å². The van der Waals surface area contributed by atoms with Crippen molar-refractivity contribution in [1.82, 2.24) is 0 Å². The Bertz CT molecular complexity index is 514. The molecule has 17 heavy (non-hydrogen) atoms. The van der Waals surface area contributed by atoms with E-state index < -0.39 is 17.1 Å². The van der Waals surface area contributed by atoms with Crippen molar-refractivity contribution in [2.24, 2.45) is 0 Å². The van der Waals surface area contributed by atoms with Gasteiger partial charge in [-0.05, 0) is 23.2 Å². The van der Waals surface area contributed by atoms with Gasteiger partial charge >= 0.3 is 0 Å². The first-order valence-electron chi connectivity index (χ1n) is 5.08. The summed E-state index contributed by atoms with van der Waals surface area (Å²) < 4.78 is 31.6. The predicted molar refractivity (Wildman–Crippen MR) is 62.5 cm³/mol. The lowest BCUT2D eigenvalue weighted by molar-refractivity contribution is 0.290. The molecule has 2 aromatic carbocycles. The molecule has 0 amide bonds. The lowest BCUT2D eigenvalue weighted by Gasteiger charge is -2.09. The lowest BCUT2D eigenvalue weighted by Crippen LogP contribution is -2.15. The van der Waals surface area contributed by atoms with E-state index in [2.05, 4.69) is 0 Å². The summed E-state index contributed by atoms with van der Waals surface area (Å²) in [5, 5.41) is 0. The number of ether oxygens (including phenoxy) is 1. The van der Waals surface area contributed by atoms with Crippen molar-refractivity contribution >= 4 is 13.3 Å². The van der Waals surface area contributed by atoms with E-state index in [9.17, 15) is 8.78 Å². The molecule has 1 nitrogen and oxygen atoms in total. The Morgan fingerprint density at radius 2 is 1.71 bits per heavy atom. The minimum Gasteiger partial charge on any atom is -0.486 e. The first kappa shape index (κ1) is 11.6. The topological polar surface area (TPSA) is 9.23 Å². The van der Waals surface area contributed by atoms with Gasteiger partial charge in [0.1, 0.15) is 20.3 Å². The van der Waals surface area contributed by atoms with E-state index in [4.69, 9.17) is 12.6 Å². The maximum absolute atomic E-state index is 13.5. The van der Waals surface area contributed by atoms with Gasteiger partial charge < -0.3 is 4.74 Å². The molecule has 0 aliphatic carbocycles. The average molecular weight is 230 g/mol. The van der Waals surface area contributed by atoms with E-state index in [-0.39, 0.29) is 12.4 Å². The summed E-state index contributed by atoms with van der Waals surface area (Å²) in [5.74, 6) is -1.69. The van der Waals surface area contributed by atoms with Gasteiger partial charge in [-0.3, -0.25) is 0 Å². The minimum absolute atomic E-state index is 0.0484. The molecule has 2 radical (unpaired) electrons. The number of hydrogen-bond acceptors (Lipinski definition) is 1. The van der Waals surface area contributed by atoms with Crippen molar-refractivity contribution in [2.45, 2.75) is 6.61 Å². The van der Waals surface area contributed by atoms with Crippen molar-refractivity contribution in [3.8, 4) is 5.75 Å². The number of rotatable bonds is 3. The van der Waals surface area contributed by atoms with Gasteiger partial charge in [-0.2, -0.15) is 0 Å². The molecule has 0 aliphatic rings. The average Bonchev–Trinajstić information content (AvgIpc) is 2.36. The van der Waals surface area contributed by atoms with Gasteiger partial charge in [0.2, 0.25) is 0 Å². The largest absolute Gasteiger partial charge is 0.486 e. The zero-order valence-corrected chi connectivity index (χ0v) is 8.99. The van der Waals surface area contributed by atoms with Crippen LogP contribution in [0.4, 0.5) is 8.78 Å². The van der Waals surface area contributed by atoms with Gasteiger partial charge in [-0.1, -0.05) is 30.3 Å². The highest BCUT2D eigenvalue weighted by molar-refractivity contribution is 6.32. The Morgan fingerprint density at radius 3 is 2.41 bits per heavy atom. The van der Waals surface area contributed by atoms with E-state index in [0.717, 1.165) is 11.6 Å². The van der Waals surface area contributed by atoms with E-state index in [1.165, 1.54) is 6.07 Å². The third-order valence-electron chi connectivity index (χ3n) is 2.33. The molecule has 0 aromatic heterocycles. The maximum atomic E-state index is 13.5. The van der Waals surface area contributed by atoms with E-state index in [1.54, 1.807) is 0 Å². The highest BCUT2D eigenvalue weighted by Crippen LogP contribution is 2.17. The van der Waals surface area contributed by atoms with Crippen LogP contribution in [0, 0.1) is 11.6 Å². The van der Waals surface area contributed by atoms with Crippen molar-refractivity contribution in [3.05, 3.63) is 59.7 Å². The fourth-order valence-electron chi connectivity index (χ4n) is 1.40. The molecule has 2 aromatic rings. The van der Waals surface area contributed by atoms with Gasteiger partial charge in [-0.25, -0.2) is 8.78 Å². The molecule has 4 heteroatoms. The molecule has 84 valence electrons. The molecular weight excluding hydrogens is 221 g/mol. The first-order valence-corrected chi connectivity index (χ1v) is 5.08. The van der Waals surface area contributed by atoms with Gasteiger partial charge in [0.05, 0.1) is 0 Å². The van der Waals surface area contributed by atoms with Crippen LogP contribution in [0.3, 0.4) is 0 Å². The van der Waals surface area contributed by atoms with Crippen LogP contribution < -0.4 is 10.2 Å². The molecule has 0 bridgehead atoms. The van der Waals surface area contributed by atoms with Crippen LogP contribution >= 0.6 is 0 Å². The molecule has 0 fully saturated rings. The van der Waals surface area contributed by atoms with E-state index >= 15 is 0 Å². The zero-order valence-electron chi connectivity index (χ0n) is 8.99. The number of halogens is 2. The van der Waals surface area contributed by atoms with Crippen molar-refractivity contribution in [3.63, 3.8) is 0 Å². The van der Waals surface area contributed by atoms with Crippen LogP contribution in [0.1, 0.15) is 5.56 Å². The number of benzene rings is 2. The molecule has 0 spiro atoms. The molecule has 0 saturated heterocycles. The van der Waals surface area contributed by atoms with E-state index in [1.807, 2.05) is 30.3 Å². The highest BCUT2D eigenvalue weighted by atomic mass is 19.1. The Hall–Kier alpha value is -1.84. The molecule has 0 saturated carbocycles. The predicted octanol–water partition coefficient (Wildman–Crippen LogP) is 2.34. The second-order valence-electron chi connectivity index (χ2n) is 3.55. The molecule has 2 rings (SSSR count).